The smallest absolute Gasteiger partial charge is 0.250 e. The van der Waals surface area contributed by atoms with Gasteiger partial charge < -0.3 is 15.1 Å². The van der Waals surface area contributed by atoms with Gasteiger partial charge in [0.1, 0.15) is 6.17 Å². The van der Waals surface area contributed by atoms with Crippen LogP contribution in [0.4, 0.5) is 10.3 Å². The molecular weight excluding hydrogens is 353 g/mol. The van der Waals surface area contributed by atoms with Gasteiger partial charge in [-0.05, 0) is 25.3 Å². The van der Waals surface area contributed by atoms with Crippen molar-refractivity contribution in [1.82, 2.24) is 24.6 Å². The highest BCUT2D eigenvalue weighted by Gasteiger charge is 2.26. The van der Waals surface area contributed by atoms with Crippen molar-refractivity contribution in [3.05, 3.63) is 28.7 Å². The van der Waals surface area contributed by atoms with Crippen molar-refractivity contribution in [1.29, 1.82) is 0 Å². The number of H-pyrrole nitrogens is 1. The molecule has 9 nitrogen and oxygen atoms in total. The Kier molecular flexibility index (Phi) is 3.52. The first-order chi connectivity index (χ1) is 13.1. The number of rotatable bonds is 3. The zero-order valence-electron chi connectivity index (χ0n) is 14.4. The van der Waals surface area contributed by atoms with Crippen LogP contribution in [0.2, 0.25) is 0 Å². The van der Waals surface area contributed by atoms with Crippen molar-refractivity contribution in [3.63, 3.8) is 0 Å². The van der Waals surface area contributed by atoms with Crippen LogP contribution in [0.15, 0.2) is 17.3 Å². The molecule has 3 N–H and O–H groups in total. The number of nitrogens with zero attached hydrogens (tertiary/aromatic N) is 6. The number of halogens is 1. The Balaban J connectivity index is 1.71. The van der Waals surface area contributed by atoms with E-state index in [0.29, 0.717) is 41.0 Å². The fourth-order valence-corrected chi connectivity index (χ4v) is 3.22. The summed E-state index contributed by atoms with van der Waals surface area (Å²) in [6.45, 7) is 0.821. The Morgan fingerprint density at radius 2 is 2.11 bits per heavy atom. The zero-order valence-corrected chi connectivity index (χ0v) is 14.4. The molecule has 1 atom stereocenters. The van der Waals surface area contributed by atoms with Crippen LogP contribution in [0.5, 0.6) is 11.8 Å². The van der Waals surface area contributed by atoms with Crippen LogP contribution in [0.1, 0.15) is 24.8 Å². The first-order valence-corrected chi connectivity index (χ1v) is 8.88. The summed E-state index contributed by atoms with van der Waals surface area (Å²) in [4.78, 5) is 17.8. The molecule has 1 saturated heterocycles. The molecular formula is C17H18FN7O2. The molecule has 0 bridgehead atoms. The average Bonchev–Trinajstić information content (AvgIpc) is 3.04. The molecule has 0 spiro atoms. The van der Waals surface area contributed by atoms with E-state index in [4.69, 9.17) is 0 Å². The molecule has 0 radical (unpaired) electrons. The lowest BCUT2D eigenvalue weighted by atomic mass is 10.2. The van der Waals surface area contributed by atoms with Gasteiger partial charge in [-0.3, -0.25) is 4.98 Å². The maximum Gasteiger partial charge on any atom is 0.250 e. The van der Waals surface area contributed by atoms with Crippen LogP contribution in [0.25, 0.3) is 11.7 Å². The second-order valence-electron chi connectivity index (χ2n) is 6.95. The van der Waals surface area contributed by atoms with Crippen LogP contribution < -0.4 is 15.7 Å². The lowest BCUT2D eigenvalue weighted by molar-refractivity contribution is 0.364. The molecule has 4 heterocycles. The van der Waals surface area contributed by atoms with Crippen molar-refractivity contribution in [2.75, 3.05) is 18.0 Å². The average molecular weight is 371 g/mol. The van der Waals surface area contributed by atoms with Gasteiger partial charge in [0.05, 0.1) is 18.8 Å². The van der Waals surface area contributed by atoms with Crippen molar-refractivity contribution in [3.8, 4) is 11.8 Å². The van der Waals surface area contributed by atoms with Crippen molar-refractivity contribution >= 4 is 17.7 Å². The standard InChI is InChI=1S/C17H18FN7O2/c18-11-3-4-24(8-11)17-23-16(20-12-1-2-12)22-14-10(7-19-25(14)17)5-9-6-13(26)21-15(9)27/h5-7,11-12,21,26-27H,1-4,8H2. The number of aromatic nitrogens is 5. The minimum absolute atomic E-state index is 0.138. The molecule has 140 valence electrons. The molecule has 0 amide bonds. The normalized spacial score (nSPS) is 21.7. The number of aromatic hydroxyl groups is 2. The van der Waals surface area contributed by atoms with Crippen LogP contribution in [0, 0.1) is 0 Å². The molecule has 1 unspecified atom stereocenters. The topological polar surface area (TPSA) is 115 Å². The molecule has 1 saturated carbocycles. The van der Waals surface area contributed by atoms with Gasteiger partial charge in [-0.25, -0.2) is 9.38 Å². The second-order valence-corrected chi connectivity index (χ2v) is 6.95. The maximum absolute atomic E-state index is 13.7. The highest BCUT2D eigenvalue weighted by atomic mass is 19.1. The number of hydrogen-bond acceptors (Lipinski definition) is 7. The third-order valence-electron chi connectivity index (χ3n) is 4.75. The molecule has 2 fully saturated rings. The number of alkyl halides is 1. The van der Waals surface area contributed by atoms with E-state index in [2.05, 4.69) is 25.0 Å². The van der Waals surface area contributed by atoms with Crippen LogP contribution >= 0.6 is 0 Å². The minimum atomic E-state index is -0.889. The first kappa shape index (κ1) is 16.0. The molecule has 1 aliphatic carbocycles. The number of anilines is 1. The molecule has 5 rings (SSSR count). The molecule has 3 aromatic heterocycles. The van der Waals surface area contributed by atoms with E-state index in [1.807, 2.05) is 4.90 Å². The summed E-state index contributed by atoms with van der Waals surface area (Å²) < 4.78 is 15.3. The third-order valence-corrected chi connectivity index (χ3v) is 4.75. The summed E-state index contributed by atoms with van der Waals surface area (Å²) in [6, 6.07) is 1.65. The molecule has 10 heteroatoms. The number of fused-ring (bicyclic) bond motifs is 1. The van der Waals surface area contributed by atoms with Crippen LogP contribution in [-0.2, 0) is 0 Å². The largest absolute Gasteiger partial charge is 0.494 e. The highest BCUT2D eigenvalue weighted by Crippen LogP contribution is 2.23. The van der Waals surface area contributed by atoms with Gasteiger partial charge in [0.25, 0.3) is 0 Å². The Bertz CT molecular complexity index is 1130. The van der Waals surface area contributed by atoms with Gasteiger partial charge in [-0.15, -0.1) is 0 Å². The van der Waals surface area contributed by atoms with E-state index >= 15 is 0 Å². The van der Waals surface area contributed by atoms with Crippen molar-refractivity contribution in [2.45, 2.75) is 31.5 Å². The molecule has 2 aliphatic rings. The molecule has 27 heavy (non-hydrogen) atoms. The lowest BCUT2D eigenvalue weighted by Crippen LogP contribution is -2.29. The summed E-state index contributed by atoms with van der Waals surface area (Å²) in [5.41, 5.74) is 1.29. The summed E-state index contributed by atoms with van der Waals surface area (Å²) in [5.74, 6) is 0.227. The van der Waals surface area contributed by atoms with Crippen LogP contribution in [0.3, 0.4) is 0 Å². The van der Waals surface area contributed by atoms with Gasteiger partial charge >= 0.3 is 0 Å². The zero-order chi connectivity index (χ0) is 18.5. The predicted molar refractivity (Wildman–Crippen MR) is 94.0 cm³/mol. The Labute approximate surface area is 152 Å². The van der Waals surface area contributed by atoms with E-state index in [1.54, 1.807) is 16.8 Å². The number of nitrogens with one attached hydrogen (secondary N) is 1. The Hall–Kier alpha value is -3.17. The maximum atomic E-state index is 13.7. The number of hydrogen-bond donors (Lipinski definition) is 3. The van der Waals surface area contributed by atoms with Crippen molar-refractivity contribution < 1.29 is 14.6 Å². The fourth-order valence-electron chi connectivity index (χ4n) is 3.22. The summed E-state index contributed by atoms with van der Waals surface area (Å²) in [5, 5.41) is 24.4. The minimum Gasteiger partial charge on any atom is -0.494 e. The van der Waals surface area contributed by atoms with E-state index in [-0.39, 0.29) is 24.3 Å². The van der Waals surface area contributed by atoms with Gasteiger partial charge in [0, 0.05) is 23.4 Å². The van der Waals surface area contributed by atoms with E-state index in [0.717, 1.165) is 12.8 Å². The van der Waals surface area contributed by atoms with E-state index in [9.17, 15) is 14.6 Å². The first-order valence-electron chi connectivity index (χ1n) is 8.88. The van der Waals surface area contributed by atoms with Gasteiger partial charge in [-0.2, -0.15) is 19.6 Å². The Morgan fingerprint density at radius 3 is 2.78 bits per heavy atom. The van der Waals surface area contributed by atoms with Gasteiger partial charge in [0.2, 0.25) is 11.6 Å². The monoisotopic (exact) mass is 371 g/mol. The third kappa shape index (κ3) is 2.96. The molecule has 1 aliphatic heterocycles. The van der Waals surface area contributed by atoms with E-state index < -0.39 is 6.17 Å². The second kappa shape index (κ2) is 5.93. The van der Waals surface area contributed by atoms with Gasteiger partial charge in [0.15, 0.2) is 17.4 Å². The number of aromatic amines is 1. The van der Waals surface area contributed by atoms with E-state index in [1.165, 1.54) is 6.07 Å². The summed E-state index contributed by atoms with van der Waals surface area (Å²) >= 11 is 0. The lowest BCUT2D eigenvalue weighted by Gasteiger charge is -2.16. The fraction of sp³-hybridized carbons (Fsp3) is 0.412. The van der Waals surface area contributed by atoms with Gasteiger partial charge in [-0.1, -0.05) is 0 Å². The molecule has 3 aromatic rings. The summed E-state index contributed by atoms with van der Waals surface area (Å²) in [7, 11) is 0. The Morgan fingerprint density at radius 1 is 1.26 bits per heavy atom. The SMILES string of the molecule is Oc1cc(C=c2cnn3c(N4CCC(F)C4)nc(=NC4CC4)nc23)c(O)[nH]1. The van der Waals surface area contributed by atoms with Crippen molar-refractivity contribution in [2.24, 2.45) is 4.99 Å². The molecule has 0 aromatic carbocycles. The van der Waals surface area contributed by atoms with Crippen LogP contribution in [-0.4, -0.2) is 60.1 Å². The highest BCUT2D eigenvalue weighted by molar-refractivity contribution is 5.61. The predicted octanol–water partition coefficient (Wildman–Crippen LogP) is 0.0226. The summed E-state index contributed by atoms with van der Waals surface area (Å²) in [6.07, 6.45) is 4.87. The quantitative estimate of drug-likeness (QED) is 0.598.